The van der Waals surface area contributed by atoms with Crippen molar-refractivity contribution in [3.8, 4) is 5.75 Å². The van der Waals surface area contributed by atoms with Crippen LogP contribution in [0.15, 0.2) is 22.6 Å². The molecule has 78 valence electrons. The summed E-state index contributed by atoms with van der Waals surface area (Å²) in [5.41, 5.74) is 0.400. The van der Waals surface area contributed by atoms with Crippen LogP contribution in [0.4, 0.5) is 0 Å². The van der Waals surface area contributed by atoms with E-state index in [1.165, 1.54) is 7.11 Å². The molecule has 0 radical (unpaired) electrons. The monoisotopic (exact) mass is 226 g/mol. The van der Waals surface area contributed by atoms with Gasteiger partial charge >= 0.3 is 5.97 Å². The number of aromatic carboxylic acids is 1. The van der Waals surface area contributed by atoms with Crippen molar-refractivity contribution in [1.29, 1.82) is 0 Å². The molecule has 0 aliphatic heterocycles. The number of benzene rings is 1. The molecule has 4 nitrogen and oxygen atoms in total. The second-order valence-electron chi connectivity index (χ2n) is 2.91. The smallest absolute Gasteiger partial charge is 0.373 e. The standard InChI is InChI=1S/C10H7ClO4/c1-14-5-2-3-6-7(4-5)15-9(8(6)11)10(12)13/h2-4H,1H3,(H,12,13). The van der Waals surface area contributed by atoms with Crippen LogP contribution in [0.25, 0.3) is 11.0 Å². The van der Waals surface area contributed by atoms with Crippen molar-refractivity contribution >= 4 is 28.5 Å². The van der Waals surface area contributed by atoms with Crippen molar-refractivity contribution in [2.24, 2.45) is 0 Å². The van der Waals surface area contributed by atoms with Crippen molar-refractivity contribution in [3.05, 3.63) is 29.0 Å². The minimum atomic E-state index is -1.19. The van der Waals surface area contributed by atoms with Gasteiger partial charge in [-0.15, -0.1) is 0 Å². The lowest BCUT2D eigenvalue weighted by Crippen LogP contribution is -1.93. The van der Waals surface area contributed by atoms with Gasteiger partial charge < -0.3 is 14.3 Å². The van der Waals surface area contributed by atoms with Crippen LogP contribution in [0.1, 0.15) is 10.6 Å². The highest BCUT2D eigenvalue weighted by Gasteiger charge is 2.18. The number of furan rings is 1. The molecule has 0 bridgehead atoms. The summed E-state index contributed by atoms with van der Waals surface area (Å²) in [5.74, 6) is -0.847. The van der Waals surface area contributed by atoms with Crippen LogP contribution in [-0.4, -0.2) is 18.2 Å². The zero-order valence-electron chi connectivity index (χ0n) is 7.78. The Bertz CT molecular complexity index is 529. The molecule has 0 saturated carbocycles. The number of carbonyl (C=O) groups is 1. The zero-order valence-corrected chi connectivity index (χ0v) is 8.54. The molecule has 1 N–H and O–H groups in total. The first-order chi connectivity index (χ1) is 7.13. The van der Waals surface area contributed by atoms with Gasteiger partial charge in [-0.2, -0.15) is 0 Å². The third-order valence-corrected chi connectivity index (χ3v) is 2.41. The maximum Gasteiger partial charge on any atom is 0.373 e. The van der Waals surface area contributed by atoms with Gasteiger partial charge in [-0.25, -0.2) is 4.79 Å². The van der Waals surface area contributed by atoms with Crippen LogP contribution >= 0.6 is 11.6 Å². The van der Waals surface area contributed by atoms with Gasteiger partial charge in [-0.1, -0.05) is 11.6 Å². The van der Waals surface area contributed by atoms with E-state index in [-0.39, 0.29) is 10.8 Å². The fourth-order valence-electron chi connectivity index (χ4n) is 1.31. The molecule has 1 aromatic carbocycles. The van der Waals surface area contributed by atoms with Gasteiger partial charge in [0.1, 0.15) is 16.4 Å². The van der Waals surface area contributed by atoms with E-state index in [9.17, 15) is 4.79 Å². The van der Waals surface area contributed by atoms with Crippen LogP contribution < -0.4 is 4.74 Å². The van der Waals surface area contributed by atoms with E-state index < -0.39 is 5.97 Å². The largest absolute Gasteiger partial charge is 0.497 e. The molecule has 0 spiro atoms. The van der Waals surface area contributed by atoms with Gasteiger partial charge in [0.2, 0.25) is 5.76 Å². The fourth-order valence-corrected chi connectivity index (χ4v) is 1.59. The SMILES string of the molecule is COc1ccc2c(Cl)c(C(=O)O)oc2c1. The van der Waals surface area contributed by atoms with Gasteiger partial charge in [-0.3, -0.25) is 0 Å². The van der Waals surface area contributed by atoms with E-state index in [0.717, 1.165) is 0 Å². The first kappa shape index (κ1) is 9.86. The fraction of sp³-hybridized carbons (Fsp3) is 0.100. The lowest BCUT2D eigenvalue weighted by atomic mass is 10.2. The molecule has 15 heavy (non-hydrogen) atoms. The number of ether oxygens (including phenoxy) is 1. The third kappa shape index (κ3) is 1.53. The minimum Gasteiger partial charge on any atom is -0.497 e. The number of rotatable bonds is 2. The van der Waals surface area contributed by atoms with Crippen LogP contribution in [0.5, 0.6) is 5.75 Å². The highest BCUT2D eigenvalue weighted by Crippen LogP contribution is 2.32. The Morgan fingerprint density at radius 2 is 2.27 bits per heavy atom. The van der Waals surface area contributed by atoms with Crippen LogP contribution in [0.2, 0.25) is 5.02 Å². The average Bonchev–Trinajstić information content (AvgIpc) is 2.55. The van der Waals surface area contributed by atoms with Crippen molar-refractivity contribution in [1.82, 2.24) is 0 Å². The van der Waals surface area contributed by atoms with E-state index in [1.54, 1.807) is 18.2 Å². The van der Waals surface area contributed by atoms with Crippen molar-refractivity contribution in [2.45, 2.75) is 0 Å². The summed E-state index contributed by atoms with van der Waals surface area (Å²) in [6.07, 6.45) is 0. The summed E-state index contributed by atoms with van der Waals surface area (Å²) in [4.78, 5) is 10.7. The van der Waals surface area contributed by atoms with Crippen molar-refractivity contribution in [3.63, 3.8) is 0 Å². The van der Waals surface area contributed by atoms with E-state index in [1.807, 2.05) is 0 Å². The normalized spacial score (nSPS) is 10.5. The van der Waals surface area contributed by atoms with Gasteiger partial charge in [0.05, 0.1) is 7.11 Å². The van der Waals surface area contributed by atoms with Crippen molar-refractivity contribution in [2.75, 3.05) is 7.11 Å². The summed E-state index contributed by atoms with van der Waals surface area (Å²) in [7, 11) is 1.52. The average molecular weight is 227 g/mol. The third-order valence-electron chi connectivity index (χ3n) is 2.03. The molecule has 0 amide bonds. The molecule has 2 rings (SSSR count). The Balaban J connectivity index is 2.70. The number of halogens is 1. The maximum atomic E-state index is 10.7. The molecule has 0 aliphatic rings. The Kier molecular flexibility index (Phi) is 2.28. The second kappa shape index (κ2) is 3.47. The topological polar surface area (TPSA) is 59.7 Å². The first-order valence-electron chi connectivity index (χ1n) is 4.13. The Hall–Kier alpha value is -1.68. The van der Waals surface area contributed by atoms with E-state index in [2.05, 4.69) is 0 Å². The number of hydrogen-bond donors (Lipinski definition) is 1. The van der Waals surface area contributed by atoms with Crippen molar-refractivity contribution < 1.29 is 19.1 Å². The minimum absolute atomic E-state index is 0.111. The number of methoxy groups -OCH3 is 1. The molecule has 0 saturated heterocycles. The number of hydrogen-bond acceptors (Lipinski definition) is 3. The van der Waals surface area contributed by atoms with Gasteiger partial charge in [0, 0.05) is 11.5 Å². The first-order valence-corrected chi connectivity index (χ1v) is 4.50. The summed E-state index contributed by atoms with van der Waals surface area (Å²) in [6, 6.07) is 4.94. The molecule has 0 atom stereocenters. The summed E-state index contributed by atoms with van der Waals surface area (Å²) in [6.45, 7) is 0. The molecule has 2 aromatic rings. The summed E-state index contributed by atoms with van der Waals surface area (Å²) >= 11 is 5.83. The van der Waals surface area contributed by atoms with Gasteiger partial charge in [-0.05, 0) is 12.1 Å². The number of fused-ring (bicyclic) bond motifs is 1. The van der Waals surface area contributed by atoms with E-state index in [0.29, 0.717) is 16.7 Å². The van der Waals surface area contributed by atoms with Gasteiger partial charge in [0.25, 0.3) is 0 Å². The molecule has 1 aromatic heterocycles. The predicted molar refractivity (Wildman–Crippen MR) is 54.7 cm³/mol. The molecule has 0 aliphatic carbocycles. The summed E-state index contributed by atoms with van der Waals surface area (Å²) in [5, 5.41) is 9.46. The van der Waals surface area contributed by atoms with Gasteiger partial charge in [0.15, 0.2) is 0 Å². The summed E-state index contributed by atoms with van der Waals surface area (Å²) < 4.78 is 10.1. The van der Waals surface area contributed by atoms with Crippen LogP contribution in [0.3, 0.4) is 0 Å². The number of carboxylic acid groups (broad SMARTS) is 1. The highest BCUT2D eigenvalue weighted by molar-refractivity contribution is 6.38. The highest BCUT2D eigenvalue weighted by atomic mass is 35.5. The zero-order chi connectivity index (χ0) is 11.0. The molecule has 5 heteroatoms. The maximum absolute atomic E-state index is 10.7. The second-order valence-corrected chi connectivity index (χ2v) is 3.29. The quantitative estimate of drug-likeness (QED) is 0.855. The molecule has 1 heterocycles. The molecular weight excluding hydrogens is 220 g/mol. The lowest BCUT2D eigenvalue weighted by molar-refractivity contribution is 0.0665. The molecule has 0 fully saturated rings. The Labute approximate surface area is 90.0 Å². The Morgan fingerprint density at radius 1 is 1.53 bits per heavy atom. The molecular formula is C10H7ClO4. The van der Waals surface area contributed by atoms with Crippen LogP contribution in [0, 0.1) is 0 Å². The molecule has 0 unspecified atom stereocenters. The number of carboxylic acids is 1. The Morgan fingerprint density at radius 3 is 2.87 bits per heavy atom. The van der Waals surface area contributed by atoms with Crippen LogP contribution in [-0.2, 0) is 0 Å². The van der Waals surface area contributed by atoms with E-state index >= 15 is 0 Å². The lowest BCUT2D eigenvalue weighted by Gasteiger charge is -1.96. The van der Waals surface area contributed by atoms with E-state index in [4.69, 9.17) is 25.9 Å². The predicted octanol–water partition coefficient (Wildman–Crippen LogP) is 2.79.